The summed E-state index contributed by atoms with van der Waals surface area (Å²) in [5, 5.41) is 7.05. The number of nitrogens with one attached hydrogen (secondary N) is 1. The molecule has 2 aromatic rings. The highest BCUT2D eigenvalue weighted by Crippen LogP contribution is 2.49. The first kappa shape index (κ1) is 19.3. The van der Waals surface area contributed by atoms with Crippen molar-refractivity contribution in [2.45, 2.75) is 51.1 Å². The van der Waals surface area contributed by atoms with Gasteiger partial charge in [0.15, 0.2) is 0 Å². The van der Waals surface area contributed by atoms with Crippen LogP contribution < -0.4 is 5.32 Å². The molecule has 8 heteroatoms. The van der Waals surface area contributed by atoms with Crippen molar-refractivity contribution >= 4 is 11.9 Å². The number of anilines is 1. The Morgan fingerprint density at radius 2 is 1.96 bits per heavy atom. The summed E-state index contributed by atoms with van der Waals surface area (Å²) in [7, 11) is 0. The van der Waals surface area contributed by atoms with Crippen molar-refractivity contribution in [2.75, 3.05) is 11.9 Å². The minimum absolute atomic E-state index is 0.264. The zero-order valence-corrected chi connectivity index (χ0v) is 15.4. The number of carbonyl (C=O) groups excluding carboxylic acids is 1. The molecule has 3 rings (SSSR count). The van der Waals surface area contributed by atoms with E-state index in [0.717, 1.165) is 0 Å². The van der Waals surface area contributed by atoms with Crippen LogP contribution in [-0.4, -0.2) is 34.1 Å². The van der Waals surface area contributed by atoms with E-state index in [1.165, 1.54) is 18.5 Å². The Hall–Kier alpha value is -2.51. The van der Waals surface area contributed by atoms with Gasteiger partial charge in [0.2, 0.25) is 5.92 Å². The molecule has 0 unspecified atom stereocenters. The molecule has 1 saturated carbocycles. The van der Waals surface area contributed by atoms with Gasteiger partial charge in [0.25, 0.3) is 0 Å². The summed E-state index contributed by atoms with van der Waals surface area (Å²) in [5.41, 5.74) is 0.120. The molecule has 0 aliphatic heterocycles. The van der Waals surface area contributed by atoms with Gasteiger partial charge < -0.3 is 4.74 Å². The number of amides is 1. The number of nitrogens with zero attached hydrogens (tertiary/aromatic N) is 2. The first-order valence-electron chi connectivity index (χ1n) is 8.71. The summed E-state index contributed by atoms with van der Waals surface area (Å²) in [6.07, 6.45) is -1.36. The third-order valence-electron chi connectivity index (χ3n) is 4.40. The van der Waals surface area contributed by atoms with Crippen LogP contribution in [0.5, 0.6) is 0 Å². The quantitative estimate of drug-likeness (QED) is 0.794. The highest BCUT2D eigenvalue weighted by molar-refractivity contribution is 5.85. The van der Waals surface area contributed by atoms with Crippen LogP contribution in [0, 0.1) is 6.92 Å². The van der Waals surface area contributed by atoms with Gasteiger partial charge in [-0.25, -0.2) is 22.6 Å². The molecule has 0 saturated heterocycles. The maximum atomic E-state index is 13.6. The van der Waals surface area contributed by atoms with Crippen molar-refractivity contribution < 1.29 is 22.7 Å². The standard InChI is InChI=1S/C19H22F3N3O2/c1-12-15(13-9-19(21,22)10-13)24-25(14-7-5-4-6-8-14)16(12)23-17(26)27-11-18(2,3)20/h4-8,13H,9-11H2,1-3H3,(H,23,26). The molecule has 27 heavy (non-hydrogen) atoms. The molecule has 1 aromatic heterocycles. The SMILES string of the molecule is Cc1c(C2CC(F)(F)C2)nn(-c2ccccc2)c1NC(=O)OCC(C)(C)F. The second-order valence-electron chi connectivity index (χ2n) is 7.49. The van der Waals surface area contributed by atoms with Crippen LogP contribution in [0.1, 0.15) is 43.9 Å². The van der Waals surface area contributed by atoms with Crippen LogP contribution in [0.2, 0.25) is 0 Å². The smallest absolute Gasteiger partial charge is 0.412 e. The van der Waals surface area contributed by atoms with E-state index in [9.17, 15) is 18.0 Å². The number of para-hydroxylation sites is 1. The lowest BCUT2D eigenvalue weighted by Crippen LogP contribution is -2.34. The van der Waals surface area contributed by atoms with Crippen LogP contribution in [0.25, 0.3) is 5.69 Å². The fraction of sp³-hybridized carbons (Fsp3) is 0.474. The molecule has 146 valence electrons. The molecule has 0 spiro atoms. The number of alkyl halides is 3. The lowest BCUT2D eigenvalue weighted by atomic mass is 9.78. The number of rotatable bonds is 5. The van der Waals surface area contributed by atoms with Crippen molar-refractivity contribution in [3.8, 4) is 5.69 Å². The van der Waals surface area contributed by atoms with Crippen molar-refractivity contribution in [3.05, 3.63) is 41.6 Å². The summed E-state index contributed by atoms with van der Waals surface area (Å²) >= 11 is 0. The van der Waals surface area contributed by atoms with E-state index in [-0.39, 0.29) is 18.8 Å². The van der Waals surface area contributed by atoms with Gasteiger partial charge in [-0.3, -0.25) is 5.32 Å². The maximum Gasteiger partial charge on any atom is 0.412 e. The molecule has 1 heterocycles. The number of hydrogen-bond acceptors (Lipinski definition) is 3. The normalized spacial score (nSPS) is 16.7. The molecule has 0 atom stereocenters. The number of halogens is 3. The molecule has 0 radical (unpaired) electrons. The Balaban J connectivity index is 1.89. The molecule has 1 fully saturated rings. The molecule has 1 aromatic carbocycles. The summed E-state index contributed by atoms with van der Waals surface area (Å²) in [6.45, 7) is 3.91. The van der Waals surface area contributed by atoms with E-state index in [4.69, 9.17) is 4.74 Å². The Kier molecular flexibility index (Phi) is 4.92. The third kappa shape index (κ3) is 4.43. The molecule has 1 aliphatic carbocycles. The van der Waals surface area contributed by atoms with E-state index in [0.29, 0.717) is 22.8 Å². The Bertz CT molecular complexity index is 821. The van der Waals surface area contributed by atoms with Crippen molar-refractivity contribution in [1.82, 2.24) is 9.78 Å². The van der Waals surface area contributed by atoms with Gasteiger partial charge in [-0.05, 0) is 32.9 Å². The average molecular weight is 381 g/mol. The monoisotopic (exact) mass is 381 g/mol. The van der Waals surface area contributed by atoms with E-state index in [2.05, 4.69) is 10.4 Å². The third-order valence-corrected chi connectivity index (χ3v) is 4.40. The Morgan fingerprint density at radius 1 is 1.33 bits per heavy atom. The van der Waals surface area contributed by atoms with Crippen molar-refractivity contribution in [3.63, 3.8) is 0 Å². The predicted molar refractivity (Wildman–Crippen MR) is 95.4 cm³/mol. The summed E-state index contributed by atoms with van der Waals surface area (Å²) < 4.78 is 46.6. The van der Waals surface area contributed by atoms with E-state index in [1.54, 1.807) is 31.2 Å². The molecule has 1 amide bonds. The maximum absolute atomic E-state index is 13.6. The highest BCUT2D eigenvalue weighted by Gasteiger charge is 2.48. The number of benzene rings is 1. The van der Waals surface area contributed by atoms with Crippen LogP contribution in [-0.2, 0) is 4.74 Å². The summed E-state index contributed by atoms with van der Waals surface area (Å²) in [4.78, 5) is 12.1. The zero-order chi connectivity index (χ0) is 19.8. The summed E-state index contributed by atoms with van der Waals surface area (Å²) in [6, 6.07) is 9.01. The van der Waals surface area contributed by atoms with Crippen molar-refractivity contribution in [1.29, 1.82) is 0 Å². The van der Waals surface area contributed by atoms with Crippen LogP contribution in [0.3, 0.4) is 0 Å². The lowest BCUT2D eigenvalue weighted by Gasteiger charge is -2.34. The molecular formula is C19H22F3N3O2. The summed E-state index contributed by atoms with van der Waals surface area (Å²) in [5.74, 6) is -2.72. The number of hydrogen-bond donors (Lipinski definition) is 1. The van der Waals surface area contributed by atoms with Gasteiger partial charge in [-0.1, -0.05) is 18.2 Å². The van der Waals surface area contributed by atoms with E-state index < -0.39 is 24.3 Å². The van der Waals surface area contributed by atoms with Gasteiger partial charge in [-0.15, -0.1) is 0 Å². The second kappa shape index (κ2) is 6.90. The molecule has 1 N–H and O–H groups in total. The van der Waals surface area contributed by atoms with Gasteiger partial charge in [0.05, 0.1) is 11.4 Å². The Labute approximate surface area is 155 Å². The minimum Gasteiger partial charge on any atom is -0.446 e. The van der Waals surface area contributed by atoms with Gasteiger partial charge in [0, 0.05) is 24.3 Å². The van der Waals surface area contributed by atoms with Gasteiger partial charge in [0.1, 0.15) is 18.1 Å². The zero-order valence-electron chi connectivity index (χ0n) is 15.4. The number of ether oxygens (including phenoxy) is 1. The Morgan fingerprint density at radius 3 is 2.52 bits per heavy atom. The predicted octanol–water partition coefficient (Wildman–Crippen LogP) is 4.99. The molecule has 1 aliphatic rings. The van der Waals surface area contributed by atoms with Crippen LogP contribution in [0.4, 0.5) is 23.8 Å². The second-order valence-corrected chi connectivity index (χ2v) is 7.49. The van der Waals surface area contributed by atoms with Crippen LogP contribution in [0.15, 0.2) is 30.3 Å². The number of carbonyl (C=O) groups is 1. The fourth-order valence-corrected chi connectivity index (χ4v) is 3.03. The van der Waals surface area contributed by atoms with Crippen LogP contribution >= 0.6 is 0 Å². The highest BCUT2D eigenvalue weighted by atomic mass is 19.3. The molecule has 5 nitrogen and oxygen atoms in total. The first-order chi connectivity index (χ1) is 12.6. The molecular weight excluding hydrogens is 359 g/mol. The first-order valence-corrected chi connectivity index (χ1v) is 8.71. The topological polar surface area (TPSA) is 56.2 Å². The fourth-order valence-electron chi connectivity index (χ4n) is 3.03. The van der Waals surface area contributed by atoms with Crippen molar-refractivity contribution in [2.24, 2.45) is 0 Å². The van der Waals surface area contributed by atoms with Gasteiger partial charge >= 0.3 is 6.09 Å². The average Bonchev–Trinajstić information content (AvgIpc) is 2.88. The minimum atomic E-state index is -2.67. The van der Waals surface area contributed by atoms with Gasteiger partial charge in [-0.2, -0.15) is 5.10 Å². The van der Waals surface area contributed by atoms with E-state index in [1.807, 2.05) is 6.07 Å². The molecule has 0 bridgehead atoms. The number of aromatic nitrogens is 2. The lowest BCUT2D eigenvalue weighted by molar-refractivity contribution is -0.0877. The van der Waals surface area contributed by atoms with E-state index >= 15 is 0 Å². The largest absolute Gasteiger partial charge is 0.446 e.